The molecule has 2 aliphatic carbocycles. The first-order valence-corrected chi connectivity index (χ1v) is 6.15. The summed E-state index contributed by atoms with van der Waals surface area (Å²) in [5.41, 5.74) is 0.322. The van der Waals surface area contributed by atoms with Crippen molar-refractivity contribution in [1.82, 2.24) is 5.32 Å². The summed E-state index contributed by atoms with van der Waals surface area (Å²) in [5, 5.41) is 13.6. The zero-order chi connectivity index (χ0) is 10.0. The van der Waals surface area contributed by atoms with Crippen molar-refractivity contribution in [2.45, 2.75) is 76.0 Å². The Labute approximate surface area is 87.1 Å². The predicted molar refractivity (Wildman–Crippen MR) is 58.3 cm³/mol. The summed E-state index contributed by atoms with van der Waals surface area (Å²) in [6, 6.07) is 0.367. The summed E-state index contributed by atoms with van der Waals surface area (Å²) in [5.74, 6) is 0. The van der Waals surface area contributed by atoms with E-state index in [2.05, 4.69) is 12.2 Å². The highest BCUT2D eigenvalue weighted by Crippen LogP contribution is 2.31. The molecule has 2 heteroatoms. The third kappa shape index (κ3) is 2.29. The highest BCUT2D eigenvalue weighted by molar-refractivity contribution is 4.93. The van der Waals surface area contributed by atoms with Gasteiger partial charge in [-0.3, -0.25) is 0 Å². The number of aliphatic hydroxyl groups excluding tert-OH is 1. The molecule has 2 aliphatic rings. The topological polar surface area (TPSA) is 32.3 Å². The fourth-order valence-electron chi connectivity index (χ4n) is 3.03. The van der Waals surface area contributed by atoms with Crippen molar-refractivity contribution in [1.29, 1.82) is 0 Å². The minimum atomic E-state index is -0.0961. The second-order valence-corrected chi connectivity index (χ2v) is 5.37. The van der Waals surface area contributed by atoms with Gasteiger partial charge in [0, 0.05) is 11.6 Å². The van der Waals surface area contributed by atoms with E-state index in [1.807, 2.05) is 0 Å². The average Bonchev–Trinajstić information content (AvgIpc) is 2.57. The van der Waals surface area contributed by atoms with Crippen molar-refractivity contribution < 1.29 is 5.11 Å². The molecular weight excluding hydrogens is 174 g/mol. The first kappa shape index (κ1) is 10.4. The van der Waals surface area contributed by atoms with Crippen molar-refractivity contribution >= 4 is 0 Å². The van der Waals surface area contributed by atoms with E-state index in [9.17, 15) is 5.11 Å². The molecule has 0 spiro atoms. The number of hydrogen-bond acceptors (Lipinski definition) is 2. The second kappa shape index (κ2) is 4.19. The Kier molecular flexibility index (Phi) is 3.13. The molecule has 2 atom stereocenters. The number of hydrogen-bond donors (Lipinski definition) is 2. The van der Waals surface area contributed by atoms with E-state index in [-0.39, 0.29) is 6.10 Å². The first-order chi connectivity index (χ1) is 6.70. The maximum Gasteiger partial charge on any atom is 0.0693 e. The molecule has 0 unspecified atom stereocenters. The standard InChI is InChI=1S/C12H23NO/c1-12(8-4-5-9-12)13-10-6-2-3-7-11(10)14/h10-11,13-14H,2-9H2,1H3/t10-,11-/m1/s1. The van der Waals surface area contributed by atoms with Gasteiger partial charge in [-0.05, 0) is 32.6 Å². The minimum Gasteiger partial charge on any atom is -0.392 e. The number of rotatable bonds is 2. The van der Waals surface area contributed by atoms with Gasteiger partial charge in [0.2, 0.25) is 0 Å². The summed E-state index contributed by atoms with van der Waals surface area (Å²) in [6.07, 6.45) is 9.83. The molecule has 0 bridgehead atoms. The molecule has 0 radical (unpaired) electrons. The second-order valence-electron chi connectivity index (χ2n) is 5.37. The molecule has 2 saturated carbocycles. The van der Waals surface area contributed by atoms with Crippen LogP contribution in [0.5, 0.6) is 0 Å². The van der Waals surface area contributed by atoms with Gasteiger partial charge in [0.1, 0.15) is 0 Å². The number of nitrogens with one attached hydrogen (secondary N) is 1. The molecular formula is C12H23NO. The van der Waals surface area contributed by atoms with E-state index in [0.717, 1.165) is 12.8 Å². The van der Waals surface area contributed by atoms with E-state index in [0.29, 0.717) is 11.6 Å². The van der Waals surface area contributed by atoms with Crippen LogP contribution in [-0.2, 0) is 0 Å². The Bertz CT molecular complexity index is 187. The van der Waals surface area contributed by atoms with E-state index >= 15 is 0 Å². The van der Waals surface area contributed by atoms with Gasteiger partial charge >= 0.3 is 0 Å². The molecule has 0 aromatic rings. The third-order valence-electron chi connectivity index (χ3n) is 3.97. The Morgan fingerprint density at radius 2 is 1.71 bits per heavy atom. The molecule has 0 saturated heterocycles. The van der Waals surface area contributed by atoms with Gasteiger partial charge < -0.3 is 10.4 Å². The maximum atomic E-state index is 9.88. The van der Waals surface area contributed by atoms with Gasteiger partial charge in [0.05, 0.1) is 6.10 Å². The quantitative estimate of drug-likeness (QED) is 0.711. The lowest BCUT2D eigenvalue weighted by atomic mass is 9.89. The van der Waals surface area contributed by atoms with Crippen LogP contribution >= 0.6 is 0 Å². The highest BCUT2D eigenvalue weighted by atomic mass is 16.3. The van der Waals surface area contributed by atoms with E-state index in [4.69, 9.17) is 0 Å². The van der Waals surface area contributed by atoms with E-state index < -0.39 is 0 Å². The largest absolute Gasteiger partial charge is 0.392 e. The van der Waals surface area contributed by atoms with E-state index in [1.165, 1.54) is 38.5 Å². The van der Waals surface area contributed by atoms with Gasteiger partial charge in [-0.15, -0.1) is 0 Å². The van der Waals surface area contributed by atoms with Crippen LogP contribution in [0.1, 0.15) is 58.3 Å². The minimum absolute atomic E-state index is 0.0961. The molecule has 2 N–H and O–H groups in total. The van der Waals surface area contributed by atoms with E-state index in [1.54, 1.807) is 0 Å². The van der Waals surface area contributed by atoms with Crippen LogP contribution in [0.4, 0.5) is 0 Å². The average molecular weight is 197 g/mol. The van der Waals surface area contributed by atoms with Gasteiger partial charge in [-0.25, -0.2) is 0 Å². The first-order valence-electron chi connectivity index (χ1n) is 6.15. The normalized spacial score (nSPS) is 37.3. The molecule has 0 aliphatic heterocycles. The van der Waals surface area contributed by atoms with Crippen LogP contribution in [0.25, 0.3) is 0 Å². The summed E-state index contributed by atoms with van der Waals surface area (Å²) in [6.45, 7) is 2.32. The van der Waals surface area contributed by atoms with Gasteiger partial charge in [-0.2, -0.15) is 0 Å². The van der Waals surface area contributed by atoms with Crippen molar-refractivity contribution in [3.05, 3.63) is 0 Å². The van der Waals surface area contributed by atoms with Crippen molar-refractivity contribution in [2.24, 2.45) is 0 Å². The van der Waals surface area contributed by atoms with Crippen LogP contribution in [0.2, 0.25) is 0 Å². The molecule has 0 heterocycles. The zero-order valence-corrected chi connectivity index (χ0v) is 9.26. The Balaban J connectivity index is 1.88. The van der Waals surface area contributed by atoms with Gasteiger partial charge in [0.25, 0.3) is 0 Å². The SMILES string of the molecule is CC1(N[C@@H]2CCCC[C@H]2O)CCCC1. The monoisotopic (exact) mass is 197 g/mol. The molecule has 14 heavy (non-hydrogen) atoms. The Hall–Kier alpha value is -0.0800. The lowest BCUT2D eigenvalue weighted by molar-refractivity contribution is 0.0742. The molecule has 2 fully saturated rings. The predicted octanol–water partition coefficient (Wildman–Crippen LogP) is 2.21. The van der Waals surface area contributed by atoms with Gasteiger partial charge in [-0.1, -0.05) is 25.7 Å². The number of aliphatic hydroxyl groups is 1. The molecule has 0 amide bonds. The third-order valence-corrected chi connectivity index (χ3v) is 3.97. The summed E-state index contributed by atoms with van der Waals surface area (Å²) in [7, 11) is 0. The summed E-state index contributed by atoms with van der Waals surface area (Å²) >= 11 is 0. The Morgan fingerprint density at radius 1 is 1.07 bits per heavy atom. The fraction of sp³-hybridized carbons (Fsp3) is 1.00. The molecule has 2 nitrogen and oxygen atoms in total. The molecule has 0 aromatic carbocycles. The molecule has 0 aromatic heterocycles. The van der Waals surface area contributed by atoms with Crippen LogP contribution in [-0.4, -0.2) is 22.8 Å². The zero-order valence-electron chi connectivity index (χ0n) is 9.26. The molecule has 82 valence electrons. The van der Waals surface area contributed by atoms with Crippen LogP contribution in [0.3, 0.4) is 0 Å². The maximum absolute atomic E-state index is 9.88. The van der Waals surface area contributed by atoms with Gasteiger partial charge in [0.15, 0.2) is 0 Å². The molecule has 2 rings (SSSR count). The van der Waals surface area contributed by atoms with Crippen LogP contribution in [0, 0.1) is 0 Å². The van der Waals surface area contributed by atoms with Crippen LogP contribution < -0.4 is 5.32 Å². The summed E-state index contributed by atoms with van der Waals surface area (Å²) in [4.78, 5) is 0. The van der Waals surface area contributed by atoms with Crippen molar-refractivity contribution in [3.63, 3.8) is 0 Å². The summed E-state index contributed by atoms with van der Waals surface area (Å²) < 4.78 is 0. The Morgan fingerprint density at radius 3 is 2.36 bits per heavy atom. The highest BCUT2D eigenvalue weighted by Gasteiger charge is 2.33. The van der Waals surface area contributed by atoms with Crippen LogP contribution in [0.15, 0.2) is 0 Å². The van der Waals surface area contributed by atoms with Crippen molar-refractivity contribution in [2.75, 3.05) is 0 Å². The lowest BCUT2D eigenvalue weighted by Crippen LogP contribution is -2.52. The van der Waals surface area contributed by atoms with Crippen molar-refractivity contribution in [3.8, 4) is 0 Å². The fourth-order valence-corrected chi connectivity index (χ4v) is 3.03. The lowest BCUT2D eigenvalue weighted by Gasteiger charge is -2.36. The smallest absolute Gasteiger partial charge is 0.0693 e.